The van der Waals surface area contributed by atoms with Gasteiger partial charge in [-0.05, 0) is 43.9 Å². The fourth-order valence-electron chi connectivity index (χ4n) is 2.20. The summed E-state index contributed by atoms with van der Waals surface area (Å²) in [4.78, 5) is 11.3. The van der Waals surface area contributed by atoms with Crippen LogP contribution in [0.1, 0.15) is 31.7 Å². The highest BCUT2D eigenvalue weighted by Crippen LogP contribution is 2.49. The molecule has 1 saturated carbocycles. The highest BCUT2D eigenvalue weighted by molar-refractivity contribution is 5.82. The third-order valence-corrected chi connectivity index (χ3v) is 3.23. The van der Waals surface area contributed by atoms with Gasteiger partial charge in [0.15, 0.2) is 11.5 Å². The first-order valence-electron chi connectivity index (χ1n) is 5.98. The van der Waals surface area contributed by atoms with E-state index in [9.17, 15) is 4.79 Å². The maximum absolute atomic E-state index is 11.3. The monoisotopic (exact) mass is 234 g/mol. The van der Waals surface area contributed by atoms with Crippen LogP contribution in [0.4, 0.5) is 0 Å². The maximum atomic E-state index is 11.3. The summed E-state index contributed by atoms with van der Waals surface area (Å²) in [6, 6.07) is 5.94. The number of benzene rings is 1. The third kappa shape index (κ3) is 2.43. The average molecular weight is 234 g/mol. The van der Waals surface area contributed by atoms with Gasteiger partial charge in [-0.1, -0.05) is 6.07 Å². The molecule has 0 bridgehead atoms. The van der Waals surface area contributed by atoms with Gasteiger partial charge in [0.25, 0.3) is 0 Å². The van der Waals surface area contributed by atoms with E-state index in [1.807, 2.05) is 25.1 Å². The van der Waals surface area contributed by atoms with Crippen LogP contribution >= 0.6 is 0 Å². The lowest BCUT2D eigenvalue weighted by Crippen LogP contribution is -1.98. The molecule has 3 nitrogen and oxygen atoms in total. The molecule has 2 unspecified atom stereocenters. The molecule has 0 heterocycles. The van der Waals surface area contributed by atoms with Crippen LogP contribution in [0.25, 0.3) is 0 Å². The summed E-state index contributed by atoms with van der Waals surface area (Å²) in [5.74, 6) is 2.37. The standard InChI is InChI=1S/C14H18O3/c1-4-17-13-6-5-10(7-14(13)16-3)12-8-11(12)9(2)15/h5-7,11-12H,4,8H2,1-3H3. The molecule has 1 aromatic rings. The molecule has 1 fully saturated rings. The number of carbonyl (C=O) groups excluding carboxylic acids is 1. The summed E-state index contributed by atoms with van der Waals surface area (Å²) in [6.07, 6.45) is 0.965. The molecular weight excluding hydrogens is 216 g/mol. The van der Waals surface area contributed by atoms with Crippen molar-refractivity contribution >= 4 is 5.78 Å². The normalized spacial score (nSPS) is 22.1. The summed E-state index contributed by atoms with van der Waals surface area (Å²) in [6.45, 7) is 4.23. The lowest BCUT2D eigenvalue weighted by molar-refractivity contribution is -0.118. The van der Waals surface area contributed by atoms with Gasteiger partial charge in [-0.25, -0.2) is 0 Å². The molecule has 17 heavy (non-hydrogen) atoms. The van der Waals surface area contributed by atoms with Crippen molar-refractivity contribution in [1.82, 2.24) is 0 Å². The van der Waals surface area contributed by atoms with Crippen LogP contribution in [-0.4, -0.2) is 19.5 Å². The van der Waals surface area contributed by atoms with Crippen molar-refractivity contribution in [1.29, 1.82) is 0 Å². The van der Waals surface area contributed by atoms with Gasteiger partial charge in [-0.15, -0.1) is 0 Å². The lowest BCUT2D eigenvalue weighted by Gasteiger charge is -2.10. The second kappa shape index (κ2) is 4.78. The van der Waals surface area contributed by atoms with E-state index in [0.29, 0.717) is 12.5 Å². The van der Waals surface area contributed by atoms with Crippen LogP contribution in [0.2, 0.25) is 0 Å². The Morgan fingerprint density at radius 2 is 2.18 bits per heavy atom. The number of ketones is 1. The Labute approximate surface area is 102 Å². The van der Waals surface area contributed by atoms with Crippen LogP contribution in [-0.2, 0) is 4.79 Å². The van der Waals surface area contributed by atoms with Crippen molar-refractivity contribution in [3.05, 3.63) is 23.8 Å². The molecule has 3 heteroatoms. The Morgan fingerprint density at radius 3 is 2.71 bits per heavy atom. The first-order chi connectivity index (χ1) is 8.17. The van der Waals surface area contributed by atoms with Crippen molar-refractivity contribution in [2.24, 2.45) is 5.92 Å². The van der Waals surface area contributed by atoms with Gasteiger partial charge in [0.05, 0.1) is 13.7 Å². The third-order valence-electron chi connectivity index (χ3n) is 3.23. The Morgan fingerprint density at radius 1 is 1.41 bits per heavy atom. The zero-order valence-electron chi connectivity index (χ0n) is 10.5. The second-order valence-electron chi connectivity index (χ2n) is 4.40. The van der Waals surface area contributed by atoms with Gasteiger partial charge in [-0.3, -0.25) is 4.79 Å². The van der Waals surface area contributed by atoms with Gasteiger partial charge in [0.1, 0.15) is 5.78 Å². The molecule has 2 rings (SSSR count). The van der Waals surface area contributed by atoms with Crippen molar-refractivity contribution < 1.29 is 14.3 Å². The van der Waals surface area contributed by atoms with Gasteiger partial charge in [0, 0.05) is 5.92 Å². The second-order valence-corrected chi connectivity index (χ2v) is 4.40. The summed E-state index contributed by atoms with van der Waals surface area (Å²) in [5.41, 5.74) is 1.17. The van der Waals surface area contributed by atoms with Crippen LogP contribution in [0, 0.1) is 5.92 Å². The van der Waals surface area contributed by atoms with Crippen molar-refractivity contribution in [3.63, 3.8) is 0 Å². The highest BCUT2D eigenvalue weighted by atomic mass is 16.5. The molecule has 0 amide bonds. The fourth-order valence-corrected chi connectivity index (χ4v) is 2.20. The van der Waals surface area contributed by atoms with E-state index in [4.69, 9.17) is 9.47 Å². The summed E-state index contributed by atoms with van der Waals surface area (Å²) < 4.78 is 10.8. The number of carbonyl (C=O) groups is 1. The van der Waals surface area contributed by atoms with Crippen molar-refractivity contribution in [2.75, 3.05) is 13.7 Å². The predicted molar refractivity (Wildman–Crippen MR) is 65.7 cm³/mol. The molecule has 0 N–H and O–H groups in total. The highest BCUT2D eigenvalue weighted by Gasteiger charge is 2.41. The van der Waals surface area contributed by atoms with Gasteiger partial charge in [0.2, 0.25) is 0 Å². The van der Waals surface area contributed by atoms with E-state index >= 15 is 0 Å². The smallest absolute Gasteiger partial charge is 0.161 e. The molecule has 2 atom stereocenters. The van der Waals surface area contributed by atoms with E-state index in [0.717, 1.165) is 17.9 Å². The number of hydrogen-bond donors (Lipinski definition) is 0. The first kappa shape index (κ1) is 12.0. The van der Waals surface area contributed by atoms with Crippen molar-refractivity contribution in [2.45, 2.75) is 26.2 Å². The van der Waals surface area contributed by atoms with Crippen LogP contribution < -0.4 is 9.47 Å². The molecular formula is C14H18O3. The number of Topliss-reactive ketones (excluding diaryl/α,β-unsaturated/α-hetero) is 1. The van der Waals surface area contributed by atoms with Crippen LogP contribution in [0.5, 0.6) is 11.5 Å². The van der Waals surface area contributed by atoms with Crippen LogP contribution in [0.3, 0.4) is 0 Å². The Kier molecular flexibility index (Phi) is 3.36. The SMILES string of the molecule is CCOc1ccc(C2CC2C(C)=O)cc1OC. The Bertz CT molecular complexity index is 425. The van der Waals surface area contributed by atoms with E-state index in [1.165, 1.54) is 5.56 Å². The maximum Gasteiger partial charge on any atom is 0.161 e. The summed E-state index contributed by atoms with van der Waals surface area (Å²) >= 11 is 0. The number of methoxy groups -OCH3 is 1. The van der Waals surface area contributed by atoms with Gasteiger partial charge < -0.3 is 9.47 Å². The lowest BCUT2D eigenvalue weighted by atomic mass is 10.1. The Balaban J connectivity index is 2.18. The minimum Gasteiger partial charge on any atom is -0.493 e. The molecule has 0 aromatic heterocycles. The molecule has 0 saturated heterocycles. The van der Waals surface area contributed by atoms with E-state index in [2.05, 4.69) is 0 Å². The number of rotatable bonds is 5. The summed E-state index contributed by atoms with van der Waals surface area (Å²) in [5, 5.41) is 0. The van der Waals surface area contributed by atoms with E-state index < -0.39 is 0 Å². The summed E-state index contributed by atoms with van der Waals surface area (Å²) in [7, 11) is 1.64. The Hall–Kier alpha value is -1.51. The van der Waals surface area contributed by atoms with Crippen LogP contribution in [0.15, 0.2) is 18.2 Å². The number of hydrogen-bond acceptors (Lipinski definition) is 3. The molecule has 1 aliphatic carbocycles. The minimum atomic E-state index is 0.206. The van der Waals surface area contributed by atoms with E-state index in [1.54, 1.807) is 14.0 Å². The zero-order chi connectivity index (χ0) is 12.4. The van der Waals surface area contributed by atoms with Crippen molar-refractivity contribution in [3.8, 4) is 11.5 Å². The molecule has 92 valence electrons. The average Bonchev–Trinajstić information content (AvgIpc) is 3.10. The largest absolute Gasteiger partial charge is 0.493 e. The topological polar surface area (TPSA) is 35.5 Å². The van der Waals surface area contributed by atoms with E-state index in [-0.39, 0.29) is 11.7 Å². The number of ether oxygens (including phenoxy) is 2. The molecule has 0 spiro atoms. The molecule has 1 aliphatic rings. The zero-order valence-corrected chi connectivity index (χ0v) is 10.5. The first-order valence-corrected chi connectivity index (χ1v) is 5.98. The fraction of sp³-hybridized carbons (Fsp3) is 0.500. The predicted octanol–water partition coefficient (Wildman–Crippen LogP) is 2.79. The quantitative estimate of drug-likeness (QED) is 0.785. The van der Waals surface area contributed by atoms with Gasteiger partial charge in [-0.2, -0.15) is 0 Å². The van der Waals surface area contributed by atoms with Gasteiger partial charge >= 0.3 is 0 Å². The molecule has 0 aliphatic heterocycles. The molecule has 1 aromatic carbocycles. The molecule has 0 radical (unpaired) electrons. The minimum absolute atomic E-state index is 0.206.